The zero-order chi connectivity index (χ0) is 11.3. The fourth-order valence-corrected chi connectivity index (χ4v) is 1.54. The predicted molar refractivity (Wildman–Crippen MR) is 65.3 cm³/mol. The van der Waals surface area contributed by atoms with Crippen LogP contribution < -0.4 is 10.5 Å². The van der Waals surface area contributed by atoms with Crippen LogP contribution in [0.15, 0.2) is 12.1 Å². The van der Waals surface area contributed by atoms with Crippen LogP contribution in [0.2, 0.25) is 0 Å². The van der Waals surface area contributed by atoms with Crippen LogP contribution in [-0.2, 0) is 0 Å². The lowest BCUT2D eigenvalue weighted by Crippen LogP contribution is -2.00. The molecule has 0 heterocycles. The van der Waals surface area contributed by atoms with Crippen molar-refractivity contribution in [1.82, 2.24) is 0 Å². The molecule has 0 spiro atoms. The first-order valence-corrected chi connectivity index (χ1v) is 5.64. The van der Waals surface area contributed by atoms with Crippen LogP contribution in [0.25, 0.3) is 0 Å². The third-order valence-corrected chi connectivity index (χ3v) is 2.57. The van der Waals surface area contributed by atoms with Crippen LogP contribution in [0, 0.1) is 13.8 Å². The molecule has 0 aromatic heterocycles. The third-order valence-electron chi connectivity index (χ3n) is 2.57. The number of ether oxygens (including phenoxy) is 1. The molecule has 2 nitrogen and oxygen atoms in total. The van der Waals surface area contributed by atoms with Crippen molar-refractivity contribution in [3.8, 4) is 5.75 Å². The number of anilines is 1. The summed E-state index contributed by atoms with van der Waals surface area (Å²) in [4.78, 5) is 0. The van der Waals surface area contributed by atoms with E-state index in [0.717, 1.165) is 35.6 Å². The number of aryl methyl sites for hydroxylation is 2. The lowest BCUT2D eigenvalue weighted by molar-refractivity contribution is 0.304. The zero-order valence-electron chi connectivity index (χ0n) is 9.97. The molecular weight excluding hydrogens is 186 g/mol. The van der Waals surface area contributed by atoms with Gasteiger partial charge in [-0.15, -0.1) is 0 Å². The normalized spacial score (nSPS) is 10.3. The van der Waals surface area contributed by atoms with Crippen molar-refractivity contribution in [1.29, 1.82) is 0 Å². The molecule has 0 bridgehead atoms. The Morgan fingerprint density at radius 1 is 1.13 bits per heavy atom. The first-order chi connectivity index (χ1) is 7.15. The molecule has 0 amide bonds. The molecular formula is C13H21NO. The van der Waals surface area contributed by atoms with Gasteiger partial charge >= 0.3 is 0 Å². The first-order valence-electron chi connectivity index (χ1n) is 5.64. The van der Waals surface area contributed by atoms with Gasteiger partial charge in [0.25, 0.3) is 0 Å². The molecule has 2 N–H and O–H groups in total. The molecule has 0 saturated carbocycles. The average molecular weight is 207 g/mol. The Kier molecular flexibility index (Phi) is 4.47. The second-order valence-electron chi connectivity index (χ2n) is 4.03. The van der Waals surface area contributed by atoms with E-state index in [0.29, 0.717) is 0 Å². The lowest BCUT2D eigenvalue weighted by Gasteiger charge is -2.11. The summed E-state index contributed by atoms with van der Waals surface area (Å²) in [5.74, 6) is 0.925. The Morgan fingerprint density at radius 2 is 1.87 bits per heavy atom. The molecule has 0 saturated heterocycles. The van der Waals surface area contributed by atoms with Gasteiger partial charge in [-0.25, -0.2) is 0 Å². The summed E-state index contributed by atoms with van der Waals surface area (Å²) in [6.45, 7) is 7.05. The van der Waals surface area contributed by atoms with Gasteiger partial charge < -0.3 is 10.5 Å². The standard InChI is InChI=1S/C13H21NO/c1-4-5-6-7-15-13-9-12(14)10(2)8-11(13)3/h8-9H,4-7,14H2,1-3H3. The Morgan fingerprint density at radius 3 is 2.53 bits per heavy atom. The number of unbranched alkanes of at least 4 members (excludes halogenated alkanes) is 2. The molecule has 0 aliphatic heterocycles. The van der Waals surface area contributed by atoms with E-state index in [-0.39, 0.29) is 0 Å². The molecule has 1 aromatic rings. The Bertz CT molecular complexity index is 321. The fourth-order valence-electron chi connectivity index (χ4n) is 1.54. The summed E-state index contributed by atoms with van der Waals surface area (Å²) in [7, 11) is 0. The summed E-state index contributed by atoms with van der Waals surface area (Å²) in [5, 5.41) is 0. The van der Waals surface area contributed by atoms with Crippen molar-refractivity contribution >= 4 is 5.69 Å². The minimum absolute atomic E-state index is 0.789. The molecule has 84 valence electrons. The molecule has 0 unspecified atom stereocenters. The van der Waals surface area contributed by atoms with Crippen LogP contribution in [0.5, 0.6) is 5.75 Å². The van der Waals surface area contributed by atoms with Gasteiger partial charge in [0, 0.05) is 11.8 Å². The number of nitrogen functional groups attached to an aromatic ring is 1. The smallest absolute Gasteiger partial charge is 0.124 e. The van der Waals surface area contributed by atoms with Gasteiger partial charge in [-0.2, -0.15) is 0 Å². The maximum absolute atomic E-state index is 5.84. The molecule has 2 heteroatoms. The van der Waals surface area contributed by atoms with Gasteiger partial charge in [0.15, 0.2) is 0 Å². The first kappa shape index (κ1) is 11.9. The van der Waals surface area contributed by atoms with E-state index in [9.17, 15) is 0 Å². The molecule has 1 aromatic carbocycles. The highest BCUT2D eigenvalue weighted by Gasteiger charge is 2.02. The second kappa shape index (κ2) is 5.64. The van der Waals surface area contributed by atoms with E-state index in [2.05, 4.69) is 19.9 Å². The number of hydrogen-bond acceptors (Lipinski definition) is 2. The monoisotopic (exact) mass is 207 g/mol. The van der Waals surface area contributed by atoms with Crippen molar-refractivity contribution in [2.24, 2.45) is 0 Å². The second-order valence-corrected chi connectivity index (χ2v) is 4.03. The van der Waals surface area contributed by atoms with Crippen molar-refractivity contribution in [2.75, 3.05) is 12.3 Å². The minimum Gasteiger partial charge on any atom is -0.493 e. The summed E-state index contributed by atoms with van der Waals surface area (Å²) >= 11 is 0. The molecule has 0 atom stereocenters. The highest BCUT2D eigenvalue weighted by atomic mass is 16.5. The van der Waals surface area contributed by atoms with E-state index < -0.39 is 0 Å². The van der Waals surface area contributed by atoms with Crippen LogP contribution in [0.4, 0.5) is 5.69 Å². The Balaban J connectivity index is 2.57. The van der Waals surface area contributed by atoms with E-state index in [1.165, 1.54) is 12.8 Å². The summed E-state index contributed by atoms with van der Waals surface area (Å²) < 4.78 is 5.69. The number of rotatable bonds is 5. The number of hydrogen-bond donors (Lipinski definition) is 1. The zero-order valence-corrected chi connectivity index (χ0v) is 9.97. The Labute approximate surface area is 92.4 Å². The maximum Gasteiger partial charge on any atom is 0.124 e. The van der Waals surface area contributed by atoms with E-state index in [1.54, 1.807) is 0 Å². The fraction of sp³-hybridized carbons (Fsp3) is 0.538. The highest BCUT2D eigenvalue weighted by molar-refractivity contribution is 5.54. The van der Waals surface area contributed by atoms with Crippen LogP contribution in [-0.4, -0.2) is 6.61 Å². The average Bonchev–Trinajstić information content (AvgIpc) is 2.20. The minimum atomic E-state index is 0.789. The van der Waals surface area contributed by atoms with E-state index in [4.69, 9.17) is 10.5 Å². The predicted octanol–water partition coefficient (Wildman–Crippen LogP) is 3.45. The number of benzene rings is 1. The van der Waals surface area contributed by atoms with Crippen molar-refractivity contribution in [2.45, 2.75) is 40.0 Å². The largest absolute Gasteiger partial charge is 0.493 e. The number of nitrogens with two attached hydrogens (primary N) is 1. The summed E-state index contributed by atoms with van der Waals surface area (Å²) in [6, 6.07) is 4.00. The SMILES string of the molecule is CCCCCOc1cc(N)c(C)cc1C. The summed E-state index contributed by atoms with van der Waals surface area (Å²) in [5.41, 5.74) is 8.94. The van der Waals surface area contributed by atoms with Crippen LogP contribution in [0.1, 0.15) is 37.3 Å². The molecule has 0 aliphatic rings. The lowest BCUT2D eigenvalue weighted by atomic mass is 10.1. The van der Waals surface area contributed by atoms with Gasteiger partial charge in [0.2, 0.25) is 0 Å². The molecule has 15 heavy (non-hydrogen) atoms. The molecule has 1 rings (SSSR count). The van der Waals surface area contributed by atoms with Crippen LogP contribution in [0.3, 0.4) is 0 Å². The molecule has 0 aliphatic carbocycles. The third kappa shape index (κ3) is 3.46. The molecule has 0 radical (unpaired) electrons. The maximum atomic E-state index is 5.84. The van der Waals surface area contributed by atoms with E-state index in [1.807, 2.05) is 13.0 Å². The van der Waals surface area contributed by atoms with Gasteiger partial charge in [0.1, 0.15) is 5.75 Å². The van der Waals surface area contributed by atoms with Crippen molar-refractivity contribution in [3.05, 3.63) is 23.3 Å². The van der Waals surface area contributed by atoms with Gasteiger partial charge in [-0.1, -0.05) is 25.8 Å². The highest BCUT2D eigenvalue weighted by Crippen LogP contribution is 2.24. The van der Waals surface area contributed by atoms with Crippen molar-refractivity contribution in [3.63, 3.8) is 0 Å². The van der Waals surface area contributed by atoms with Gasteiger partial charge in [-0.3, -0.25) is 0 Å². The van der Waals surface area contributed by atoms with Gasteiger partial charge in [0.05, 0.1) is 6.61 Å². The topological polar surface area (TPSA) is 35.2 Å². The van der Waals surface area contributed by atoms with Crippen molar-refractivity contribution < 1.29 is 4.74 Å². The summed E-state index contributed by atoms with van der Waals surface area (Å²) in [6.07, 6.45) is 3.56. The Hall–Kier alpha value is -1.18. The van der Waals surface area contributed by atoms with Gasteiger partial charge in [-0.05, 0) is 31.4 Å². The quantitative estimate of drug-likeness (QED) is 0.593. The molecule has 0 fully saturated rings. The van der Waals surface area contributed by atoms with E-state index >= 15 is 0 Å². The van der Waals surface area contributed by atoms with Crippen LogP contribution >= 0.6 is 0 Å².